The number of rotatable bonds is 28. The topological polar surface area (TPSA) is 422 Å². The van der Waals surface area contributed by atoms with Gasteiger partial charge in [-0.2, -0.15) is 0 Å². The van der Waals surface area contributed by atoms with E-state index in [1.54, 1.807) is 44.3 Å². The Bertz CT molecular complexity index is 2030. The highest BCUT2D eigenvalue weighted by Crippen LogP contribution is 2.20. The highest BCUT2D eigenvalue weighted by atomic mass is 16.4. The number of carboxylic acids is 2. The molecular weight excluding hydrogens is 844 g/mol. The second-order valence-corrected chi connectivity index (χ2v) is 15.1. The number of H-pyrrole nitrogens is 1. The number of aromatic nitrogens is 1. The molecule has 0 saturated heterocycles. The molecule has 0 aliphatic carbocycles. The van der Waals surface area contributed by atoms with Crippen LogP contribution in [0.25, 0.3) is 10.9 Å². The first-order valence-electron chi connectivity index (χ1n) is 20.1. The van der Waals surface area contributed by atoms with Crippen molar-refractivity contribution >= 4 is 76.1 Å². The van der Waals surface area contributed by atoms with Gasteiger partial charge in [-0.1, -0.05) is 32.0 Å². The maximum absolute atomic E-state index is 13.8. The van der Waals surface area contributed by atoms with Gasteiger partial charge in [0.15, 0.2) is 5.96 Å². The van der Waals surface area contributed by atoms with Gasteiger partial charge >= 0.3 is 11.9 Å². The quantitative estimate of drug-likeness (QED) is 0.0218. The number of nitrogens with two attached hydrogens (primary N) is 3. The summed E-state index contributed by atoms with van der Waals surface area (Å²) >= 11 is 0. The molecule has 17 N–H and O–H groups in total. The van der Waals surface area contributed by atoms with Crippen molar-refractivity contribution in [1.82, 2.24) is 42.2 Å². The summed E-state index contributed by atoms with van der Waals surface area (Å²) in [6.45, 7) is 2.92. The van der Waals surface area contributed by atoms with Crippen LogP contribution in [0.1, 0.15) is 64.9 Å². The zero-order chi connectivity index (χ0) is 48.1. The first kappa shape index (κ1) is 52.8. The van der Waals surface area contributed by atoms with Gasteiger partial charge in [-0.05, 0) is 43.2 Å². The summed E-state index contributed by atoms with van der Waals surface area (Å²) in [6.07, 6.45) is -0.457. The maximum atomic E-state index is 13.8. The number of carboxylic acid groups (broad SMARTS) is 2. The fraction of sp³-hybridized carbons (Fsp3) is 0.513. The molecule has 0 fully saturated rings. The van der Waals surface area contributed by atoms with E-state index in [2.05, 4.69) is 47.2 Å². The number of para-hydroxylation sites is 1. The Morgan fingerprint density at radius 1 is 0.719 bits per heavy atom. The molecule has 0 radical (unpaired) electrons. The molecule has 25 heteroatoms. The second-order valence-electron chi connectivity index (χ2n) is 15.1. The van der Waals surface area contributed by atoms with Crippen molar-refractivity contribution in [2.75, 3.05) is 19.7 Å². The minimum absolute atomic E-state index is 0.00798. The average molecular weight is 903 g/mol. The van der Waals surface area contributed by atoms with Crippen LogP contribution in [0, 0.1) is 5.92 Å². The normalized spacial score (nSPS) is 13.7. The number of aliphatic carboxylic acids is 2. The van der Waals surface area contributed by atoms with E-state index in [-0.39, 0.29) is 44.1 Å². The SMILES string of the molecule is CC(=O)N[C@@H](CO)C(=O)N[C@@H](CC(C)C)C(=O)N[C@@H](CC(N)=O)C(=O)NCC(=O)N[C@@H](CCC(=O)O)C(=O)N[C@@H](Cc1c[nH]c2ccccc12)C(=O)N[C@@H](CCCN=C(N)N)C(=O)O. The van der Waals surface area contributed by atoms with Crippen molar-refractivity contribution in [1.29, 1.82) is 0 Å². The number of aliphatic hydroxyl groups excluding tert-OH is 1. The van der Waals surface area contributed by atoms with Gasteiger partial charge in [-0.15, -0.1) is 0 Å². The van der Waals surface area contributed by atoms with Crippen LogP contribution in [0.15, 0.2) is 35.5 Å². The summed E-state index contributed by atoms with van der Waals surface area (Å²) < 4.78 is 0. The first-order valence-corrected chi connectivity index (χ1v) is 20.1. The predicted octanol–water partition coefficient (Wildman–Crippen LogP) is -4.33. The van der Waals surface area contributed by atoms with Crippen LogP contribution in [0.2, 0.25) is 0 Å². The van der Waals surface area contributed by atoms with E-state index in [1.807, 2.05) is 0 Å². The molecule has 6 atom stereocenters. The van der Waals surface area contributed by atoms with Gasteiger partial charge in [0.2, 0.25) is 47.3 Å². The molecule has 0 aliphatic rings. The van der Waals surface area contributed by atoms with Gasteiger partial charge in [0, 0.05) is 43.4 Å². The van der Waals surface area contributed by atoms with E-state index in [0.29, 0.717) is 16.5 Å². The van der Waals surface area contributed by atoms with E-state index in [0.717, 1.165) is 6.92 Å². The monoisotopic (exact) mass is 902 g/mol. The maximum Gasteiger partial charge on any atom is 0.326 e. The molecule has 1 aromatic heterocycles. The Balaban J connectivity index is 2.29. The number of hydrogen-bond donors (Lipinski definition) is 14. The van der Waals surface area contributed by atoms with E-state index in [9.17, 15) is 63.3 Å². The van der Waals surface area contributed by atoms with Crippen molar-refractivity contribution in [3.63, 3.8) is 0 Å². The number of aliphatic imine (C=N–C) groups is 1. The molecule has 2 rings (SSSR count). The highest BCUT2D eigenvalue weighted by Gasteiger charge is 2.33. The fourth-order valence-corrected chi connectivity index (χ4v) is 6.21. The van der Waals surface area contributed by atoms with E-state index < -0.39 is 128 Å². The number of hydrogen-bond acceptors (Lipinski definition) is 12. The van der Waals surface area contributed by atoms with Gasteiger partial charge in [0.25, 0.3) is 0 Å². The van der Waals surface area contributed by atoms with Crippen LogP contribution in [0.4, 0.5) is 0 Å². The van der Waals surface area contributed by atoms with E-state index in [4.69, 9.17) is 17.2 Å². The molecule has 1 aromatic carbocycles. The Morgan fingerprint density at radius 3 is 1.91 bits per heavy atom. The molecule has 25 nitrogen and oxygen atoms in total. The molecule has 2 aromatic rings. The number of aromatic amines is 1. The molecular formula is C39H58N12O13. The fourth-order valence-electron chi connectivity index (χ4n) is 6.21. The Hall–Kier alpha value is -7.31. The number of primary amides is 1. The summed E-state index contributed by atoms with van der Waals surface area (Å²) in [5.74, 6) is -10.8. The van der Waals surface area contributed by atoms with Crippen LogP contribution >= 0.6 is 0 Å². The van der Waals surface area contributed by atoms with Crippen LogP contribution in [0.5, 0.6) is 0 Å². The number of nitrogens with zero attached hydrogens (tertiary/aromatic N) is 1. The zero-order valence-corrected chi connectivity index (χ0v) is 35.6. The molecule has 0 saturated carbocycles. The number of amides is 8. The molecule has 0 unspecified atom stereocenters. The van der Waals surface area contributed by atoms with Gasteiger partial charge < -0.3 is 74.7 Å². The highest BCUT2D eigenvalue weighted by molar-refractivity contribution is 5.98. The lowest BCUT2D eigenvalue weighted by atomic mass is 10.0. The zero-order valence-electron chi connectivity index (χ0n) is 35.6. The Labute approximate surface area is 366 Å². The van der Waals surface area contributed by atoms with Gasteiger partial charge in [-0.25, -0.2) is 4.79 Å². The van der Waals surface area contributed by atoms with Crippen LogP contribution in [-0.2, 0) is 54.4 Å². The molecule has 1 heterocycles. The molecule has 0 spiro atoms. The third kappa shape index (κ3) is 18.8. The molecule has 8 amide bonds. The minimum Gasteiger partial charge on any atom is -0.481 e. The Kier molecular flexibility index (Phi) is 21.7. The minimum atomic E-state index is -1.69. The summed E-state index contributed by atoms with van der Waals surface area (Å²) in [6, 6.07) is -1.96. The summed E-state index contributed by atoms with van der Waals surface area (Å²) in [5.41, 5.74) is 17.2. The third-order valence-electron chi connectivity index (χ3n) is 9.27. The van der Waals surface area contributed by atoms with Crippen LogP contribution in [0.3, 0.4) is 0 Å². The first-order chi connectivity index (χ1) is 30.1. The lowest BCUT2D eigenvalue weighted by molar-refractivity contribution is -0.142. The summed E-state index contributed by atoms with van der Waals surface area (Å²) in [4.78, 5) is 134. The van der Waals surface area contributed by atoms with Crippen molar-refractivity contribution < 1.29 is 63.3 Å². The second kappa shape index (κ2) is 26.2. The van der Waals surface area contributed by atoms with Gasteiger partial charge in [0.1, 0.15) is 36.3 Å². The Morgan fingerprint density at radius 2 is 1.31 bits per heavy atom. The lowest BCUT2D eigenvalue weighted by Crippen LogP contribution is -2.59. The van der Waals surface area contributed by atoms with Crippen molar-refractivity contribution in [3.05, 3.63) is 36.0 Å². The number of carbonyl (C=O) groups excluding carboxylic acids is 8. The molecule has 0 bridgehead atoms. The largest absolute Gasteiger partial charge is 0.481 e. The number of benzene rings is 1. The molecule has 0 aliphatic heterocycles. The standard InChI is InChI=1S/C39H58N12O13/c1-19(2)13-26(49-37(62)29(18-52)46-20(3)53)35(60)51-28(15-30(40)54)33(58)45-17-31(55)47-24(10-11-32(56)57)34(59)50-27(14-21-16-44-23-8-5-4-7-22(21)23)36(61)48-25(38(63)64)9-6-12-43-39(41)42/h4-5,7-8,16,19,24-29,44,52H,6,9-15,17-18H2,1-3H3,(H2,40,54)(H,45,58)(H,46,53)(H,47,55)(H,48,61)(H,49,62)(H,50,59)(H,51,60)(H,56,57)(H,63,64)(H4,41,42,43)/t24-,25-,26-,27-,28-,29-/m0/s1. The van der Waals surface area contributed by atoms with Gasteiger partial charge in [-0.3, -0.25) is 48.1 Å². The number of guanidine groups is 1. The third-order valence-corrected chi connectivity index (χ3v) is 9.27. The van der Waals surface area contributed by atoms with Crippen molar-refractivity contribution in [3.8, 4) is 0 Å². The van der Waals surface area contributed by atoms with Crippen LogP contribution < -0.4 is 54.4 Å². The van der Waals surface area contributed by atoms with Crippen molar-refractivity contribution in [2.24, 2.45) is 28.1 Å². The number of aliphatic hydroxyl groups is 1. The number of fused-ring (bicyclic) bond motifs is 1. The van der Waals surface area contributed by atoms with E-state index >= 15 is 0 Å². The molecule has 352 valence electrons. The van der Waals surface area contributed by atoms with E-state index in [1.165, 1.54) is 0 Å². The smallest absolute Gasteiger partial charge is 0.326 e. The summed E-state index contributed by atoms with van der Waals surface area (Å²) in [5, 5.41) is 45.8. The number of carbonyl (C=O) groups is 10. The van der Waals surface area contributed by atoms with Crippen LogP contribution in [-0.4, -0.2) is 141 Å². The predicted molar refractivity (Wildman–Crippen MR) is 227 cm³/mol. The summed E-state index contributed by atoms with van der Waals surface area (Å²) in [7, 11) is 0. The molecule has 64 heavy (non-hydrogen) atoms. The van der Waals surface area contributed by atoms with Gasteiger partial charge in [0.05, 0.1) is 19.6 Å². The lowest BCUT2D eigenvalue weighted by Gasteiger charge is -2.25. The average Bonchev–Trinajstić information content (AvgIpc) is 3.62. The van der Waals surface area contributed by atoms with Crippen molar-refractivity contribution in [2.45, 2.75) is 102 Å². The number of nitrogens with one attached hydrogen (secondary N) is 8.